The number of pyridine rings is 1. The van der Waals surface area contributed by atoms with Crippen molar-refractivity contribution in [2.75, 3.05) is 14.2 Å². The maximum Gasteiger partial charge on any atom is 0.387 e. The van der Waals surface area contributed by atoms with E-state index >= 15 is 0 Å². The van der Waals surface area contributed by atoms with Crippen molar-refractivity contribution in [2.24, 2.45) is 0 Å². The summed E-state index contributed by atoms with van der Waals surface area (Å²) in [7, 11) is 2.22. The van der Waals surface area contributed by atoms with Gasteiger partial charge in [-0.2, -0.15) is 8.78 Å². The number of methoxy groups -OCH3 is 2. The van der Waals surface area contributed by atoms with Crippen molar-refractivity contribution in [3.63, 3.8) is 0 Å². The molecule has 0 saturated carbocycles. The second kappa shape index (κ2) is 8.98. The quantitative estimate of drug-likeness (QED) is 0.688. The summed E-state index contributed by atoms with van der Waals surface area (Å²) < 4.78 is 38.5. The van der Waals surface area contributed by atoms with Crippen molar-refractivity contribution in [3.8, 4) is 11.5 Å². The molecule has 10 heteroatoms. The second-order valence-electron chi connectivity index (χ2n) is 5.57. The van der Waals surface area contributed by atoms with Gasteiger partial charge in [-0.1, -0.05) is 12.1 Å². The first kappa shape index (κ1) is 20.9. The van der Waals surface area contributed by atoms with E-state index in [9.17, 15) is 28.3 Å². The lowest BCUT2D eigenvalue weighted by molar-refractivity contribution is -0.140. The van der Waals surface area contributed by atoms with Crippen LogP contribution in [0.15, 0.2) is 35.3 Å². The van der Waals surface area contributed by atoms with Crippen molar-refractivity contribution in [1.29, 1.82) is 0 Å². The summed E-state index contributed by atoms with van der Waals surface area (Å²) in [5.41, 5.74) is -1.21. The number of carbonyl (C=O) groups is 2. The average molecular weight is 397 g/mol. The number of aromatic amines is 1. The van der Waals surface area contributed by atoms with Crippen LogP contribution in [0.1, 0.15) is 33.8 Å². The molecule has 0 amide bonds. The predicted molar refractivity (Wildman–Crippen MR) is 91.6 cm³/mol. The third kappa shape index (κ3) is 4.64. The largest absolute Gasteiger partial charge is 0.506 e. The van der Waals surface area contributed by atoms with Crippen LogP contribution in [0.3, 0.4) is 0 Å². The summed E-state index contributed by atoms with van der Waals surface area (Å²) in [5.74, 6) is -3.65. The van der Waals surface area contributed by atoms with E-state index in [0.717, 1.165) is 20.4 Å². The third-order valence-electron chi connectivity index (χ3n) is 3.94. The molecule has 1 heterocycles. The SMILES string of the molecule is COC(=O)CC(c1cccc(OC(F)F)c1)c1c(O)c(C(=O)OC)c[nH]c1=O. The number of aromatic nitrogens is 1. The lowest BCUT2D eigenvalue weighted by Gasteiger charge is -2.19. The minimum Gasteiger partial charge on any atom is -0.506 e. The zero-order valence-corrected chi connectivity index (χ0v) is 14.9. The van der Waals surface area contributed by atoms with Crippen LogP contribution in [-0.4, -0.2) is 42.9 Å². The van der Waals surface area contributed by atoms with Gasteiger partial charge >= 0.3 is 18.6 Å². The van der Waals surface area contributed by atoms with E-state index in [1.807, 2.05) is 0 Å². The number of hydrogen-bond acceptors (Lipinski definition) is 7. The molecule has 2 N–H and O–H groups in total. The lowest BCUT2D eigenvalue weighted by atomic mass is 9.87. The smallest absolute Gasteiger partial charge is 0.387 e. The molecule has 150 valence electrons. The highest BCUT2D eigenvalue weighted by Gasteiger charge is 2.28. The Morgan fingerprint density at radius 2 is 1.93 bits per heavy atom. The molecule has 0 bridgehead atoms. The highest BCUT2D eigenvalue weighted by atomic mass is 19.3. The molecule has 0 aliphatic carbocycles. The molecule has 2 rings (SSSR count). The Bertz CT molecular complexity index is 926. The fraction of sp³-hybridized carbons (Fsp3) is 0.278. The molecule has 0 aliphatic heterocycles. The van der Waals surface area contributed by atoms with Gasteiger partial charge in [-0.05, 0) is 17.7 Å². The maximum absolute atomic E-state index is 12.5. The maximum atomic E-state index is 12.5. The van der Waals surface area contributed by atoms with Crippen molar-refractivity contribution in [3.05, 3.63) is 57.5 Å². The zero-order chi connectivity index (χ0) is 20.8. The van der Waals surface area contributed by atoms with Gasteiger partial charge in [0.1, 0.15) is 17.1 Å². The standard InChI is InChI=1S/C18H17F2NO7/c1-26-13(22)7-11(9-4-3-5-10(6-9)28-18(19)20)14-15(23)12(17(25)27-2)8-21-16(14)24/h3-6,8,11,18H,7H2,1-2H3,(H2,21,23,24). The molecular weight excluding hydrogens is 380 g/mol. The summed E-state index contributed by atoms with van der Waals surface area (Å²) in [5, 5.41) is 10.5. The van der Waals surface area contributed by atoms with Crippen LogP contribution in [0.4, 0.5) is 8.78 Å². The number of carbonyl (C=O) groups excluding carboxylic acids is 2. The topological polar surface area (TPSA) is 115 Å². The number of esters is 2. The number of ether oxygens (including phenoxy) is 3. The fourth-order valence-electron chi connectivity index (χ4n) is 2.67. The van der Waals surface area contributed by atoms with Gasteiger partial charge in [-0.3, -0.25) is 9.59 Å². The molecule has 1 unspecified atom stereocenters. The minimum atomic E-state index is -3.08. The van der Waals surface area contributed by atoms with E-state index in [0.29, 0.717) is 0 Å². The van der Waals surface area contributed by atoms with Crippen molar-refractivity contribution in [2.45, 2.75) is 19.0 Å². The first-order valence-corrected chi connectivity index (χ1v) is 7.92. The first-order chi connectivity index (χ1) is 13.3. The lowest BCUT2D eigenvalue weighted by Crippen LogP contribution is -2.22. The number of H-pyrrole nitrogens is 1. The number of hydrogen-bond donors (Lipinski definition) is 2. The van der Waals surface area contributed by atoms with E-state index < -0.39 is 42.2 Å². The van der Waals surface area contributed by atoms with Crippen molar-refractivity contribution >= 4 is 11.9 Å². The third-order valence-corrected chi connectivity index (χ3v) is 3.94. The van der Waals surface area contributed by atoms with Crippen LogP contribution < -0.4 is 10.3 Å². The normalized spacial score (nSPS) is 11.8. The Morgan fingerprint density at radius 3 is 2.54 bits per heavy atom. The van der Waals surface area contributed by atoms with Gasteiger partial charge in [0, 0.05) is 12.1 Å². The minimum absolute atomic E-state index is 0.206. The van der Waals surface area contributed by atoms with E-state index in [1.54, 1.807) is 0 Å². The molecule has 0 spiro atoms. The van der Waals surface area contributed by atoms with Crippen molar-refractivity contribution in [1.82, 2.24) is 4.98 Å². The molecule has 0 aliphatic rings. The molecule has 1 aromatic carbocycles. The number of aromatic hydroxyl groups is 1. The summed E-state index contributed by atoms with van der Waals surface area (Å²) in [6, 6.07) is 5.30. The molecule has 8 nitrogen and oxygen atoms in total. The molecular formula is C18H17F2NO7. The Hall–Kier alpha value is -3.43. The van der Waals surface area contributed by atoms with Gasteiger partial charge < -0.3 is 24.3 Å². The number of halogens is 2. The van der Waals surface area contributed by atoms with Gasteiger partial charge in [0.25, 0.3) is 5.56 Å². The van der Waals surface area contributed by atoms with Gasteiger partial charge in [0.2, 0.25) is 0 Å². The van der Waals surface area contributed by atoms with Crippen molar-refractivity contribution < 1.29 is 37.7 Å². The Balaban J connectivity index is 2.64. The molecule has 28 heavy (non-hydrogen) atoms. The highest BCUT2D eigenvalue weighted by Crippen LogP contribution is 2.35. The average Bonchev–Trinajstić information content (AvgIpc) is 2.66. The van der Waals surface area contributed by atoms with Crippen LogP contribution in [0.5, 0.6) is 11.5 Å². The molecule has 0 fully saturated rings. The summed E-state index contributed by atoms with van der Waals surface area (Å²) in [4.78, 5) is 38.4. The molecule has 1 atom stereocenters. The van der Waals surface area contributed by atoms with Gasteiger partial charge in [-0.25, -0.2) is 4.79 Å². The summed E-state index contributed by atoms with van der Waals surface area (Å²) >= 11 is 0. The number of nitrogens with one attached hydrogen (secondary N) is 1. The van der Waals surface area contributed by atoms with Crippen LogP contribution in [0, 0.1) is 0 Å². The van der Waals surface area contributed by atoms with Crippen LogP contribution in [0.25, 0.3) is 0 Å². The Labute approximate surface area is 157 Å². The van der Waals surface area contributed by atoms with E-state index in [2.05, 4.69) is 19.2 Å². The van der Waals surface area contributed by atoms with Gasteiger partial charge in [-0.15, -0.1) is 0 Å². The van der Waals surface area contributed by atoms with Crippen LogP contribution >= 0.6 is 0 Å². The van der Waals surface area contributed by atoms with E-state index in [1.165, 1.54) is 24.3 Å². The predicted octanol–water partition coefficient (Wildman–Crippen LogP) is 2.16. The summed E-state index contributed by atoms with van der Waals surface area (Å²) in [6.45, 7) is -3.08. The monoisotopic (exact) mass is 397 g/mol. The van der Waals surface area contributed by atoms with Gasteiger partial charge in [0.15, 0.2) is 0 Å². The number of rotatable bonds is 7. The highest BCUT2D eigenvalue weighted by molar-refractivity contribution is 5.92. The fourth-order valence-corrected chi connectivity index (χ4v) is 2.67. The second-order valence-corrected chi connectivity index (χ2v) is 5.57. The van der Waals surface area contributed by atoms with Gasteiger partial charge in [0.05, 0.1) is 26.2 Å². The van der Waals surface area contributed by atoms with Crippen LogP contribution in [0.2, 0.25) is 0 Å². The van der Waals surface area contributed by atoms with Crippen LogP contribution in [-0.2, 0) is 14.3 Å². The molecule has 1 aromatic heterocycles. The molecule has 0 saturated heterocycles. The first-order valence-electron chi connectivity index (χ1n) is 7.92. The molecule has 2 aromatic rings. The number of benzene rings is 1. The Kier molecular flexibility index (Phi) is 6.69. The summed E-state index contributed by atoms with van der Waals surface area (Å²) in [6.07, 6.45) is 0.564. The zero-order valence-electron chi connectivity index (χ0n) is 14.9. The Morgan fingerprint density at radius 1 is 1.21 bits per heavy atom. The van der Waals surface area contributed by atoms with E-state index in [-0.39, 0.29) is 22.4 Å². The number of alkyl halides is 2. The van der Waals surface area contributed by atoms with E-state index in [4.69, 9.17) is 0 Å². The molecule has 0 radical (unpaired) electrons.